The minimum atomic E-state index is -0.999. The summed E-state index contributed by atoms with van der Waals surface area (Å²) in [5.41, 5.74) is -1.28. The number of halogens is 1. The minimum absolute atomic E-state index is 0. The van der Waals surface area contributed by atoms with Gasteiger partial charge in [-0.2, -0.15) is 0 Å². The van der Waals surface area contributed by atoms with Crippen molar-refractivity contribution in [2.24, 2.45) is 0 Å². The average molecular weight is 741 g/mol. The Kier molecular flexibility index (Phi) is 24.9. The number of carbonyl (C=O) groups excluding carboxylic acids is 1. The number of ether oxygens (including phenoxy) is 1. The molecule has 0 aliphatic rings. The van der Waals surface area contributed by atoms with Crippen LogP contribution in [-0.4, -0.2) is 41.5 Å². The normalized spacial score (nSPS) is 9.06. The van der Waals surface area contributed by atoms with Crippen molar-refractivity contribution in [1.29, 1.82) is 0 Å². The number of benzene rings is 4. The Morgan fingerprint density at radius 2 is 1.00 bits per heavy atom. The largest absolute Gasteiger partial charge is 1.00 e. The van der Waals surface area contributed by atoms with Crippen LogP contribution in [0.3, 0.4) is 0 Å². The van der Waals surface area contributed by atoms with E-state index in [1.54, 1.807) is 48.5 Å². The van der Waals surface area contributed by atoms with Crippen LogP contribution in [0.25, 0.3) is 0 Å². The molecule has 0 radical (unpaired) electrons. The van der Waals surface area contributed by atoms with E-state index in [-0.39, 0.29) is 135 Å². The number of hydrogen-bond acceptors (Lipinski definition) is 15. The van der Waals surface area contributed by atoms with Crippen LogP contribution in [-0.2, 0) is 22.9 Å². The summed E-state index contributed by atoms with van der Waals surface area (Å²) in [7, 11) is 0. The maximum atomic E-state index is 12.4. The molecule has 0 aromatic heterocycles. The second-order valence-electron chi connectivity index (χ2n) is 8.23. The summed E-state index contributed by atoms with van der Waals surface area (Å²) in [6, 6.07) is 18.2. The second kappa shape index (κ2) is 25.6. The fraction of sp³-hybridized carbons (Fsp3) is 0.0741. The Balaban J connectivity index is -0.000000656. The van der Waals surface area contributed by atoms with E-state index in [1.165, 1.54) is 6.07 Å². The van der Waals surface area contributed by atoms with Gasteiger partial charge in [0.15, 0.2) is 0 Å². The van der Waals surface area contributed by atoms with Crippen LogP contribution < -0.4 is 113 Å². The smallest absolute Gasteiger partial charge is 1.00 e. The van der Waals surface area contributed by atoms with Crippen molar-refractivity contribution in [2.75, 3.05) is 0 Å². The van der Waals surface area contributed by atoms with Crippen molar-refractivity contribution in [3.63, 3.8) is 0 Å². The molecule has 0 saturated carbocycles. The molecule has 0 spiro atoms. The molecular formula is C27H23FK2N4O15. The van der Waals surface area contributed by atoms with Crippen molar-refractivity contribution in [3.8, 4) is 17.2 Å². The number of aliphatic hydroxyl groups is 2. The zero-order valence-electron chi connectivity index (χ0n) is 26.5. The molecule has 250 valence electrons. The van der Waals surface area contributed by atoms with Crippen LogP contribution in [0.15, 0.2) is 84.9 Å². The van der Waals surface area contributed by atoms with Crippen molar-refractivity contribution >= 4 is 29.2 Å². The first-order valence-electron chi connectivity index (χ1n) is 12.3. The zero-order valence-corrected chi connectivity index (χ0v) is 31.7. The van der Waals surface area contributed by atoms with Crippen LogP contribution in [0.1, 0.15) is 12.6 Å². The first-order valence-corrected chi connectivity index (χ1v) is 12.3. The molecule has 4 aromatic carbocycles. The number of carbonyl (C=O) groups is 1. The van der Waals surface area contributed by atoms with Gasteiger partial charge in [0, 0.05) is 12.1 Å². The van der Waals surface area contributed by atoms with E-state index >= 15 is 0 Å². The molecule has 4 aromatic rings. The predicted molar refractivity (Wildman–Crippen MR) is 154 cm³/mol. The summed E-state index contributed by atoms with van der Waals surface area (Å²) in [4.78, 5) is 49.6. The Morgan fingerprint density at radius 3 is 1.39 bits per heavy atom. The number of aliphatic hydroxyl groups excluding tert-OH is 2. The molecule has 22 heteroatoms. The molecule has 0 fully saturated rings. The molecule has 0 amide bonds. The van der Waals surface area contributed by atoms with Gasteiger partial charge in [0.05, 0.1) is 45.0 Å². The number of phenolic OH excluding ortho intramolecular Hbond substituents is 1. The quantitative estimate of drug-likeness (QED) is 0.0543. The summed E-state index contributed by atoms with van der Waals surface area (Å²) in [5.74, 6) is -0.135. The third-order valence-corrected chi connectivity index (χ3v) is 5.17. The Morgan fingerprint density at radius 1 is 0.633 bits per heavy atom. The van der Waals surface area contributed by atoms with Gasteiger partial charge in [-0.3, -0.25) is 45.3 Å². The Hall–Kier alpha value is -3.37. The number of nitro groups is 4. The van der Waals surface area contributed by atoms with Crippen molar-refractivity contribution < 1.29 is 163 Å². The van der Waals surface area contributed by atoms with Gasteiger partial charge in [-0.05, 0) is 47.5 Å². The summed E-state index contributed by atoms with van der Waals surface area (Å²) in [6.45, 7) is -0.260. The second-order valence-corrected chi connectivity index (χ2v) is 8.23. The van der Waals surface area contributed by atoms with Gasteiger partial charge in [-0.1, -0.05) is 24.3 Å². The fourth-order valence-corrected chi connectivity index (χ4v) is 3.06. The average Bonchev–Trinajstić information content (AvgIpc) is 3.05. The van der Waals surface area contributed by atoms with Gasteiger partial charge in [0.2, 0.25) is 0 Å². The third-order valence-electron chi connectivity index (χ3n) is 5.17. The molecule has 0 aliphatic heterocycles. The Labute approximate surface area is 360 Å². The number of rotatable bonds is 9. The van der Waals surface area contributed by atoms with Crippen LogP contribution in [0.5, 0.6) is 17.2 Å². The Bertz CT molecular complexity index is 1690. The maximum Gasteiger partial charge on any atom is 1.00 e. The molecule has 0 bridgehead atoms. The van der Waals surface area contributed by atoms with E-state index < -0.39 is 48.3 Å². The molecule has 0 atom stereocenters. The molecular weight excluding hydrogens is 718 g/mol. The van der Waals surface area contributed by atoms with Gasteiger partial charge in [-0.25, -0.2) is 4.39 Å². The van der Waals surface area contributed by atoms with Crippen molar-refractivity contribution in [2.45, 2.75) is 13.2 Å². The molecule has 0 aliphatic carbocycles. The topological polar surface area (TPSA) is 292 Å². The van der Waals surface area contributed by atoms with Gasteiger partial charge in [0.25, 0.3) is 6.47 Å². The standard InChI is InChI=1S/C13H10N2O6.C7H8O2.C6H3FN2O4.CH2O3.2K.H/c16-8-9-1-3-10(4-2-9)21-11-5-6-12(14(17)18)13(7-11)15(19)20;8-5-6-1-3-7(9)4-2-6;7-4-1-2-5(8(10)11)6(3-4)9(12)13;2-1-4-3;;;/h1-7,16H,8H2;1-4,8-9H,5H2;1-3H;1,3H;;;/q;;;;2*+1;-1/p-1. The van der Waals surface area contributed by atoms with E-state index in [1.807, 2.05) is 0 Å². The summed E-state index contributed by atoms with van der Waals surface area (Å²) in [6.07, 6.45) is 0. The summed E-state index contributed by atoms with van der Waals surface area (Å²) < 4.78 is 17.8. The van der Waals surface area contributed by atoms with Crippen LogP contribution in [0, 0.1) is 46.3 Å². The molecule has 19 nitrogen and oxygen atoms in total. The van der Waals surface area contributed by atoms with Crippen LogP contribution in [0.4, 0.5) is 27.1 Å². The molecule has 0 heterocycles. The monoisotopic (exact) mass is 740 g/mol. The molecule has 0 saturated heterocycles. The van der Waals surface area contributed by atoms with E-state index in [4.69, 9.17) is 30.1 Å². The van der Waals surface area contributed by atoms with Gasteiger partial charge < -0.3 is 31.6 Å². The molecule has 49 heavy (non-hydrogen) atoms. The molecule has 0 unspecified atom stereocenters. The third kappa shape index (κ3) is 17.7. The molecule has 3 N–H and O–H groups in total. The van der Waals surface area contributed by atoms with Crippen LogP contribution >= 0.6 is 0 Å². The number of phenols is 1. The number of nitro benzene ring substituents is 4. The number of aromatic hydroxyl groups is 1. The van der Waals surface area contributed by atoms with Gasteiger partial charge in [-0.15, -0.1) is 0 Å². The minimum Gasteiger partial charge on any atom is -1.00 e. The maximum absolute atomic E-state index is 12.4. The van der Waals surface area contributed by atoms with Crippen molar-refractivity contribution in [1.82, 2.24) is 0 Å². The zero-order chi connectivity index (χ0) is 35.5. The van der Waals surface area contributed by atoms with Gasteiger partial charge >= 0.3 is 126 Å². The van der Waals surface area contributed by atoms with E-state index in [0.29, 0.717) is 17.4 Å². The summed E-state index contributed by atoms with van der Waals surface area (Å²) in [5, 5.41) is 76.6. The molecule has 4 rings (SSSR count). The van der Waals surface area contributed by atoms with E-state index in [0.717, 1.165) is 29.8 Å². The SMILES string of the molecule is O=CO[O-].O=[N+]([O-])c1ccc(F)cc1[N+](=O)[O-].O=[N+]([O-])c1ccc(Oc2ccc(CO)cc2)cc1[N+](=O)[O-].OCc1ccc(O)cc1.[H-].[K+].[K+]. The van der Waals surface area contributed by atoms with Gasteiger partial charge in [0.1, 0.15) is 23.1 Å². The van der Waals surface area contributed by atoms with E-state index in [2.05, 4.69) is 4.89 Å². The number of nitrogens with zero attached hydrogens (tertiary/aromatic N) is 4. The number of hydrogen-bond donors (Lipinski definition) is 3. The first kappa shape index (κ1) is 47.7. The predicted octanol–water partition coefficient (Wildman–Crippen LogP) is -2.13. The first-order chi connectivity index (χ1) is 22.3. The summed E-state index contributed by atoms with van der Waals surface area (Å²) >= 11 is 0. The fourth-order valence-electron chi connectivity index (χ4n) is 3.06. The van der Waals surface area contributed by atoms with Crippen LogP contribution in [0.2, 0.25) is 0 Å². The van der Waals surface area contributed by atoms with Crippen molar-refractivity contribution in [3.05, 3.63) is 142 Å². The van der Waals surface area contributed by atoms with E-state index in [9.17, 15) is 44.8 Å².